The minimum Gasteiger partial charge on any atom is -0.507 e. The van der Waals surface area contributed by atoms with Crippen LogP contribution in [0.25, 0.3) is 0 Å². The van der Waals surface area contributed by atoms with Crippen molar-refractivity contribution in [2.45, 2.75) is 39.3 Å². The molecule has 0 bridgehead atoms. The van der Waals surface area contributed by atoms with Gasteiger partial charge in [-0.05, 0) is 22.6 Å². The number of phenolic OH excluding ortho intramolecular Hbond substituents is 1. The van der Waals surface area contributed by atoms with Crippen LogP contribution < -0.4 is 4.74 Å². The third kappa shape index (κ3) is 2.84. The van der Waals surface area contributed by atoms with E-state index < -0.39 is 0 Å². The first-order valence-corrected chi connectivity index (χ1v) is 8.00. The number of aromatic hydroxyl groups is 1. The van der Waals surface area contributed by atoms with Crippen molar-refractivity contribution < 1.29 is 16.0 Å². The molecule has 4 heteroatoms. The van der Waals surface area contributed by atoms with Crippen molar-refractivity contribution in [3.63, 3.8) is 0 Å². The van der Waals surface area contributed by atoms with Gasteiger partial charge in [0.15, 0.2) is 0 Å². The van der Waals surface area contributed by atoms with Crippen LogP contribution in [0, 0.1) is 0 Å². The van der Waals surface area contributed by atoms with E-state index in [1.807, 2.05) is 32.9 Å². The van der Waals surface area contributed by atoms with E-state index in [1.54, 1.807) is 24.1 Å². The van der Waals surface area contributed by atoms with Crippen molar-refractivity contribution in [1.82, 2.24) is 4.90 Å². The maximum atomic E-state index is 13.0. The Bertz CT molecular complexity index is 840. The normalized spacial score (nSPS) is 14.3. The van der Waals surface area contributed by atoms with Crippen molar-refractivity contribution >= 4 is 5.91 Å². The smallest absolute Gasteiger partial charge is 0.258 e. The van der Waals surface area contributed by atoms with E-state index in [0.29, 0.717) is 24.9 Å². The lowest BCUT2D eigenvalue weighted by atomic mass is 9.85. The molecule has 0 fully saturated rings. The summed E-state index contributed by atoms with van der Waals surface area (Å²) in [5.74, 6) is 0.248. The van der Waals surface area contributed by atoms with Gasteiger partial charge in [-0.15, -0.1) is 0 Å². The molecule has 0 aliphatic carbocycles. The summed E-state index contributed by atoms with van der Waals surface area (Å²) in [5.41, 5.74) is 2.78. The van der Waals surface area contributed by atoms with Gasteiger partial charge in [0.25, 0.3) is 5.91 Å². The first kappa shape index (κ1) is 15.1. The Morgan fingerprint density at radius 3 is 2.58 bits per heavy atom. The van der Waals surface area contributed by atoms with Crippen molar-refractivity contribution in [3.05, 3.63) is 58.6 Å². The molecular formula is C20H23NO3. The molecule has 1 aliphatic heterocycles. The fourth-order valence-corrected chi connectivity index (χ4v) is 3.06. The Morgan fingerprint density at radius 2 is 1.96 bits per heavy atom. The van der Waals surface area contributed by atoms with Crippen LogP contribution in [0.1, 0.15) is 49.2 Å². The van der Waals surface area contributed by atoms with Crippen LogP contribution in [0.5, 0.6) is 11.5 Å². The van der Waals surface area contributed by atoms with Crippen molar-refractivity contribution in [2.75, 3.05) is 7.11 Å². The van der Waals surface area contributed by atoms with Crippen LogP contribution in [-0.4, -0.2) is 23.0 Å². The second-order valence-corrected chi connectivity index (χ2v) is 7.15. The molecule has 0 atom stereocenters. The molecule has 0 saturated carbocycles. The number of ether oxygens (including phenoxy) is 1. The SMILES string of the molecule is [2H]c1cccc2c1CN(C(=O)c1cc(C(C)(C)C)c(OC)cc1O)C2. The van der Waals surface area contributed by atoms with Crippen LogP contribution in [0.4, 0.5) is 0 Å². The Hall–Kier alpha value is -2.49. The summed E-state index contributed by atoms with van der Waals surface area (Å²) in [6, 6.07) is 9.18. The molecule has 0 radical (unpaired) electrons. The molecule has 0 unspecified atom stereocenters. The zero-order valence-corrected chi connectivity index (χ0v) is 14.5. The van der Waals surface area contributed by atoms with Gasteiger partial charge in [-0.3, -0.25) is 4.79 Å². The minimum absolute atomic E-state index is 0.0862. The molecule has 1 heterocycles. The number of rotatable bonds is 2. The average molecular weight is 326 g/mol. The van der Waals surface area contributed by atoms with Gasteiger partial charge in [0, 0.05) is 24.7 Å². The van der Waals surface area contributed by atoms with E-state index in [1.165, 1.54) is 6.07 Å². The third-order valence-electron chi connectivity index (χ3n) is 4.39. The molecule has 3 rings (SSSR count). The largest absolute Gasteiger partial charge is 0.507 e. The summed E-state index contributed by atoms with van der Waals surface area (Å²) >= 11 is 0. The fourth-order valence-electron chi connectivity index (χ4n) is 3.06. The second-order valence-electron chi connectivity index (χ2n) is 7.15. The van der Waals surface area contributed by atoms with Crippen molar-refractivity contribution in [1.29, 1.82) is 0 Å². The maximum Gasteiger partial charge on any atom is 0.258 e. The standard InChI is InChI=1S/C20H23NO3/c1-20(2,3)16-9-15(17(22)10-18(16)24-4)19(23)21-11-13-7-5-6-8-14(13)12-21/h5-10,22H,11-12H2,1-4H3/i7D. The van der Waals surface area contributed by atoms with Crippen molar-refractivity contribution in [3.8, 4) is 11.5 Å². The molecule has 0 spiro atoms. The monoisotopic (exact) mass is 326 g/mol. The van der Waals surface area contributed by atoms with Gasteiger partial charge >= 0.3 is 0 Å². The summed E-state index contributed by atoms with van der Waals surface area (Å²) < 4.78 is 13.4. The number of nitrogens with zero attached hydrogens (tertiary/aromatic N) is 1. The van der Waals surface area contributed by atoms with Gasteiger partial charge in [0.05, 0.1) is 14.0 Å². The maximum absolute atomic E-state index is 13.0. The highest BCUT2D eigenvalue weighted by atomic mass is 16.5. The van der Waals surface area contributed by atoms with Gasteiger partial charge in [-0.1, -0.05) is 45.0 Å². The predicted octanol–water partition coefficient (Wildman–Crippen LogP) is 3.85. The van der Waals surface area contributed by atoms with E-state index in [0.717, 1.165) is 16.7 Å². The van der Waals surface area contributed by atoms with E-state index in [4.69, 9.17) is 6.11 Å². The van der Waals surface area contributed by atoms with Gasteiger partial charge in [-0.25, -0.2) is 0 Å². The lowest BCUT2D eigenvalue weighted by Crippen LogP contribution is -2.26. The Labute approximate surface area is 144 Å². The lowest BCUT2D eigenvalue weighted by molar-refractivity contribution is 0.0748. The molecule has 0 aromatic heterocycles. The van der Waals surface area contributed by atoms with Gasteiger partial charge in [0.1, 0.15) is 11.5 Å². The van der Waals surface area contributed by atoms with E-state index in [2.05, 4.69) is 0 Å². The fraction of sp³-hybridized carbons (Fsp3) is 0.350. The van der Waals surface area contributed by atoms with E-state index in [9.17, 15) is 9.90 Å². The number of hydrogen-bond donors (Lipinski definition) is 1. The number of methoxy groups -OCH3 is 1. The zero-order valence-electron chi connectivity index (χ0n) is 15.5. The Balaban J connectivity index is 1.97. The number of fused-ring (bicyclic) bond motifs is 1. The number of carbonyl (C=O) groups excluding carboxylic acids is 1. The summed E-state index contributed by atoms with van der Waals surface area (Å²) in [4.78, 5) is 14.7. The number of benzene rings is 2. The highest BCUT2D eigenvalue weighted by Crippen LogP contribution is 2.37. The zero-order chi connectivity index (χ0) is 18.4. The molecule has 1 amide bonds. The number of carbonyl (C=O) groups is 1. The molecule has 4 nitrogen and oxygen atoms in total. The summed E-state index contributed by atoms with van der Waals surface area (Å²) in [7, 11) is 1.55. The predicted molar refractivity (Wildman–Crippen MR) is 93.4 cm³/mol. The molecule has 24 heavy (non-hydrogen) atoms. The highest BCUT2D eigenvalue weighted by molar-refractivity contribution is 5.97. The van der Waals surface area contributed by atoms with Crippen LogP contribution in [0.15, 0.2) is 36.4 Å². The summed E-state index contributed by atoms with van der Waals surface area (Å²) in [5, 5.41) is 10.4. The number of amides is 1. The Morgan fingerprint density at radius 1 is 1.25 bits per heavy atom. The molecule has 0 saturated heterocycles. The minimum atomic E-state index is -0.235. The molecule has 1 aliphatic rings. The van der Waals surface area contributed by atoms with Crippen LogP contribution in [0.3, 0.4) is 0 Å². The van der Waals surface area contributed by atoms with E-state index >= 15 is 0 Å². The second kappa shape index (κ2) is 5.86. The first-order valence-electron chi connectivity index (χ1n) is 8.50. The first-order chi connectivity index (χ1) is 11.7. The van der Waals surface area contributed by atoms with E-state index in [-0.39, 0.29) is 22.6 Å². The summed E-state index contributed by atoms with van der Waals surface area (Å²) in [6.45, 7) is 6.96. The molecule has 1 N–H and O–H groups in total. The molecular weight excluding hydrogens is 302 g/mol. The van der Waals surface area contributed by atoms with Crippen LogP contribution in [-0.2, 0) is 18.5 Å². The van der Waals surface area contributed by atoms with Gasteiger partial charge < -0.3 is 14.7 Å². The molecule has 2 aromatic rings. The van der Waals surface area contributed by atoms with Crippen LogP contribution in [0.2, 0.25) is 0 Å². The number of phenols is 1. The molecule has 126 valence electrons. The quantitative estimate of drug-likeness (QED) is 0.912. The molecule has 2 aromatic carbocycles. The third-order valence-corrected chi connectivity index (χ3v) is 4.39. The van der Waals surface area contributed by atoms with Crippen LogP contribution >= 0.6 is 0 Å². The number of hydrogen-bond acceptors (Lipinski definition) is 3. The topological polar surface area (TPSA) is 49.8 Å². The Kier molecular flexibility index (Phi) is 3.68. The lowest BCUT2D eigenvalue weighted by Gasteiger charge is -2.24. The average Bonchev–Trinajstić information content (AvgIpc) is 2.98. The van der Waals surface area contributed by atoms with Gasteiger partial charge in [-0.2, -0.15) is 0 Å². The van der Waals surface area contributed by atoms with Crippen molar-refractivity contribution in [2.24, 2.45) is 0 Å². The highest BCUT2D eigenvalue weighted by Gasteiger charge is 2.28. The van der Waals surface area contributed by atoms with Gasteiger partial charge in [0.2, 0.25) is 0 Å². The summed E-state index contributed by atoms with van der Waals surface area (Å²) in [6.07, 6.45) is 0.